The average Bonchev–Trinajstić information content (AvgIpc) is 3.45. The number of anilines is 1. The molecule has 3 heterocycles. The van der Waals surface area contributed by atoms with Crippen LogP contribution in [0.3, 0.4) is 0 Å². The van der Waals surface area contributed by atoms with Crippen LogP contribution in [0.15, 0.2) is 109 Å². The number of para-hydroxylation sites is 2. The lowest BCUT2D eigenvalue weighted by molar-refractivity contribution is -0.107. The van der Waals surface area contributed by atoms with Crippen LogP contribution in [0.1, 0.15) is 13.3 Å². The third kappa shape index (κ3) is 4.23. The second-order valence-electron chi connectivity index (χ2n) is 8.32. The summed E-state index contributed by atoms with van der Waals surface area (Å²) in [6.45, 7) is 1.81. The molecular formula is C31H26N4O. The number of fused-ring (bicyclic) bond motifs is 9. The van der Waals surface area contributed by atoms with Crippen LogP contribution >= 0.6 is 0 Å². The van der Waals surface area contributed by atoms with Gasteiger partial charge >= 0.3 is 0 Å². The van der Waals surface area contributed by atoms with Crippen molar-refractivity contribution < 1.29 is 4.79 Å². The van der Waals surface area contributed by atoms with Gasteiger partial charge in [-0.2, -0.15) is 0 Å². The van der Waals surface area contributed by atoms with E-state index in [1.165, 1.54) is 27.1 Å². The predicted molar refractivity (Wildman–Crippen MR) is 150 cm³/mol. The molecule has 5 heteroatoms. The molecule has 3 aromatic heterocycles. The molecule has 7 rings (SSSR count). The van der Waals surface area contributed by atoms with Gasteiger partial charge in [0.2, 0.25) is 0 Å². The first-order valence-corrected chi connectivity index (χ1v) is 11.9. The normalized spacial score (nSPS) is 10.7. The van der Waals surface area contributed by atoms with Gasteiger partial charge in [0, 0.05) is 40.4 Å². The number of imidazole rings is 1. The smallest absolute Gasteiger partial charge is 0.145 e. The number of nitrogens with two attached hydrogens (primary N) is 1. The van der Waals surface area contributed by atoms with E-state index in [1.807, 2.05) is 55.7 Å². The summed E-state index contributed by atoms with van der Waals surface area (Å²) in [5.41, 5.74) is 9.10. The fraction of sp³-hybridized carbons (Fsp3) is 0.0645. The zero-order valence-corrected chi connectivity index (χ0v) is 20.0. The SMILES string of the molecule is CCC=O.Nc1nc2ccccc2c2ccccc12.c1ccc2c(c1)c1ccccc1n1ccnc21. The van der Waals surface area contributed by atoms with Gasteiger partial charge in [0.25, 0.3) is 0 Å². The lowest BCUT2D eigenvalue weighted by atomic mass is 10.1. The molecule has 0 spiro atoms. The van der Waals surface area contributed by atoms with Crippen molar-refractivity contribution in [3.63, 3.8) is 0 Å². The summed E-state index contributed by atoms with van der Waals surface area (Å²) in [7, 11) is 0. The van der Waals surface area contributed by atoms with Crippen LogP contribution in [-0.4, -0.2) is 20.7 Å². The van der Waals surface area contributed by atoms with Gasteiger partial charge in [-0.3, -0.25) is 4.40 Å². The fourth-order valence-electron chi connectivity index (χ4n) is 4.45. The summed E-state index contributed by atoms with van der Waals surface area (Å²) in [5.74, 6) is 0.601. The zero-order chi connectivity index (χ0) is 24.9. The fourth-order valence-corrected chi connectivity index (χ4v) is 4.45. The Bertz CT molecular complexity index is 1750. The van der Waals surface area contributed by atoms with Crippen LogP contribution in [0.5, 0.6) is 0 Å². The van der Waals surface area contributed by atoms with E-state index in [0.29, 0.717) is 12.2 Å². The van der Waals surface area contributed by atoms with Crippen molar-refractivity contribution in [3.8, 4) is 0 Å². The van der Waals surface area contributed by atoms with Crippen LogP contribution in [0.4, 0.5) is 5.82 Å². The molecular weight excluding hydrogens is 444 g/mol. The first-order chi connectivity index (χ1) is 17.7. The number of rotatable bonds is 1. The van der Waals surface area contributed by atoms with Crippen LogP contribution in [0.25, 0.3) is 49.0 Å². The van der Waals surface area contributed by atoms with Gasteiger partial charge < -0.3 is 10.5 Å². The van der Waals surface area contributed by atoms with Crippen molar-refractivity contribution in [3.05, 3.63) is 109 Å². The van der Waals surface area contributed by atoms with E-state index in [-0.39, 0.29) is 0 Å². The predicted octanol–water partition coefficient (Wildman–Crippen LogP) is 7.21. The van der Waals surface area contributed by atoms with Gasteiger partial charge in [0.15, 0.2) is 0 Å². The lowest BCUT2D eigenvalue weighted by Crippen LogP contribution is -1.92. The van der Waals surface area contributed by atoms with E-state index in [0.717, 1.165) is 28.2 Å². The summed E-state index contributed by atoms with van der Waals surface area (Å²) in [5, 5.41) is 7.09. The Morgan fingerprint density at radius 2 is 1.25 bits per heavy atom. The minimum Gasteiger partial charge on any atom is -0.383 e. The second-order valence-corrected chi connectivity index (χ2v) is 8.32. The minimum atomic E-state index is 0.601. The molecule has 176 valence electrons. The van der Waals surface area contributed by atoms with E-state index < -0.39 is 0 Å². The third-order valence-corrected chi connectivity index (χ3v) is 6.07. The molecule has 4 aromatic carbocycles. The summed E-state index contributed by atoms with van der Waals surface area (Å²) in [4.78, 5) is 18.0. The summed E-state index contributed by atoms with van der Waals surface area (Å²) >= 11 is 0. The van der Waals surface area contributed by atoms with Gasteiger partial charge in [-0.05, 0) is 22.9 Å². The molecule has 0 aliphatic carbocycles. The molecule has 0 amide bonds. The maximum absolute atomic E-state index is 9.17. The van der Waals surface area contributed by atoms with Crippen molar-refractivity contribution in [1.82, 2.24) is 14.4 Å². The van der Waals surface area contributed by atoms with Crippen LogP contribution < -0.4 is 5.73 Å². The maximum Gasteiger partial charge on any atom is 0.145 e. The van der Waals surface area contributed by atoms with E-state index in [1.54, 1.807) is 0 Å². The minimum absolute atomic E-state index is 0.601. The number of nitrogen functional groups attached to an aromatic ring is 1. The van der Waals surface area contributed by atoms with Gasteiger partial charge in [-0.15, -0.1) is 0 Å². The van der Waals surface area contributed by atoms with Crippen molar-refractivity contribution in [1.29, 1.82) is 0 Å². The number of nitrogens with zero attached hydrogens (tertiary/aromatic N) is 3. The zero-order valence-electron chi connectivity index (χ0n) is 20.0. The standard InChI is InChI=1S/C15H10N2.C13H10N2.C3H6O/c1-2-7-13-11(5-1)12-6-3-4-8-14(12)17-10-9-16-15(13)17;14-13-11-7-2-1-5-9(11)10-6-3-4-8-12(10)15-13;1-2-3-4/h1-10H;1-8H,(H2,14,15);3H,2H2,1H3. The molecule has 0 aliphatic heterocycles. The van der Waals surface area contributed by atoms with E-state index in [9.17, 15) is 4.79 Å². The Kier molecular flexibility index (Phi) is 6.54. The monoisotopic (exact) mass is 470 g/mol. The van der Waals surface area contributed by atoms with E-state index in [2.05, 4.69) is 75.0 Å². The summed E-state index contributed by atoms with van der Waals surface area (Å²) in [6.07, 6.45) is 5.39. The van der Waals surface area contributed by atoms with Crippen molar-refractivity contribution >= 4 is 61.1 Å². The molecule has 0 unspecified atom stereocenters. The Balaban J connectivity index is 0.000000130. The molecule has 0 atom stereocenters. The molecule has 2 N–H and O–H groups in total. The van der Waals surface area contributed by atoms with Gasteiger partial charge in [-0.25, -0.2) is 9.97 Å². The number of hydrogen-bond acceptors (Lipinski definition) is 4. The lowest BCUT2D eigenvalue weighted by Gasteiger charge is -2.07. The van der Waals surface area contributed by atoms with E-state index in [4.69, 9.17) is 5.73 Å². The van der Waals surface area contributed by atoms with Crippen molar-refractivity contribution in [2.24, 2.45) is 0 Å². The number of aromatic nitrogens is 3. The highest BCUT2D eigenvalue weighted by Gasteiger charge is 2.07. The number of carbonyl (C=O) groups is 1. The number of carbonyl (C=O) groups excluding carboxylic acids is 1. The van der Waals surface area contributed by atoms with Crippen LogP contribution in [0, 0.1) is 0 Å². The highest BCUT2D eigenvalue weighted by molar-refractivity contribution is 6.11. The molecule has 0 fully saturated rings. The Morgan fingerprint density at radius 1 is 0.722 bits per heavy atom. The van der Waals surface area contributed by atoms with Gasteiger partial charge in [-0.1, -0.05) is 91.9 Å². The summed E-state index contributed by atoms with van der Waals surface area (Å²) in [6, 6.07) is 33.0. The molecule has 5 nitrogen and oxygen atoms in total. The molecule has 36 heavy (non-hydrogen) atoms. The van der Waals surface area contributed by atoms with E-state index >= 15 is 0 Å². The molecule has 0 saturated carbocycles. The van der Waals surface area contributed by atoms with Crippen molar-refractivity contribution in [2.45, 2.75) is 13.3 Å². The maximum atomic E-state index is 9.17. The first-order valence-electron chi connectivity index (χ1n) is 11.9. The number of pyridine rings is 2. The Morgan fingerprint density at radius 3 is 1.94 bits per heavy atom. The second kappa shape index (κ2) is 10.2. The number of benzene rings is 4. The number of aldehydes is 1. The Labute approximate surface area is 208 Å². The molecule has 0 aliphatic rings. The molecule has 0 bridgehead atoms. The highest BCUT2D eigenvalue weighted by atomic mass is 16.1. The third-order valence-electron chi connectivity index (χ3n) is 6.07. The topological polar surface area (TPSA) is 73.3 Å². The largest absolute Gasteiger partial charge is 0.383 e. The molecule has 7 aromatic rings. The first kappa shape index (κ1) is 23.0. The van der Waals surface area contributed by atoms with Crippen LogP contribution in [0.2, 0.25) is 0 Å². The molecule has 0 saturated heterocycles. The summed E-state index contributed by atoms with van der Waals surface area (Å²) < 4.78 is 2.15. The Hall–Kier alpha value is -4.77. The van der Waals surface area contributed by atoms with Gasteiger partial charge in [0.1, 0.15) is 17.8 Å². The highest BCUT2D eigenvalue weighted by Crippen LogP contribution is 2.28. The van der Waals surface area contributed by atoms with Gasteiger partial charge in [0.05, 0.1) is 11.0 Å². The number of hydrogen-bond donors (Lipinski definition) is 1. The van der Waals surface area contributed by atoms with Crippen LogP contribution in [-0.2, 0) is 4.79 Å². The average molecular weight is 471 g/mol. The quantitative estimate of drug-likeness (QED) is 0.203. The molecule has 0 radical (unpaired) electrons. The van der Waals surface area contributed by atoms with Crippen molar-refractivity contribution in [2.75, 3.05) is 5.73 Å².